The second-order valence-corrected chi connectivity index (χ2v) is 10.4. The van der Waals surface area contributed by atoms with Crippen LogP contribution >= 0.6 is 0 Å². The second kappa shape index (κ2) is 42.6. The number of carbonyl (C=O) groups is 2. The Balaban J connectivity index is 3.08. The van der Waals surface area contributed by atoms with E-state index in [2.05, 4.69) is 17.0 Å². The molecule has 49 heavy (non-hydrogen) atoms. The van der Waals surface area contributed by atoms with Crippen molar-refractivity contribution in [3.63, 3.8) is 0 Å². The van der Waals surface area contributed by atoms with Crippen molar-refractivity contribution in [2.45, 2.75) is 39.0 Å². The van der Waals surface area contributed by atoms with Crippen LogP contribution in [0.5, 0.6) is 0 Å². The number of aliphatic carboxylic acids is 1. The van der Waals surface area contributed by atoms with Crippen molar-refractivity contribution in [2.24, 2.45) is 0 Å². The monoisotopic (exact) mass is 715 g/mol. The van der Waals surface area contributed by atoms with Crippen molar-refractivity contribution in [3.05, 3.63) is 0 Å². The molecule has 0 atom stereocenters. The normalized spacial score (nSPS) is 11.4. The van der Waals surface area contributed by atoms with Crippen molar-refractivity contribution in [1.29, 1.82) is 0 Å². The molecule has 0 heterocycles. The van der Waals surface area contributed by atoms with Crippen molar-refractivity contribution < 1.29 is 71.5 Å². The SMILES string of the molecule is CCCCCCCOCCOCCOCCOCCOCCOCCOCCOCCOCCOCCOCCNC(=O)COCC(=O)O. The quantitative estimate of drug-likeness (QED) is 0.0865. The molecule has 0 spiro atoms. The van der Waals surface area contributed by atoms with Gasteiger partial charge in [-0.1, -0.05) is 32.6 Å². The summed E-state index contributed by atoms with van der Waals surface area (Å²) in [5, 5.41) is 11.0. The summed E-state index contributed by atoms with van der Waals surface area (Å²) in [6.45, 7) is 12.8. The van der Waals surface area contributed by atoms with Gasteiger partial charge in [-0.05, 0) is 6.42 Å². The lowest BCUT2D eigenvalue weighted by Crippen LogP contribution is -2.31. The van der Waals surface area contributed by atoms with Crippen LogP contribution in [0.25, 0.3) is 0 Å². The first-order valence-electron chi connectivity index (χ1n) is 17.6. The maximum Gasteiger partial charge on any atom is 0.329 e. The number of amides is 1. The molecule has 0 unspecified atom stereocenters. The fourth-order valence-electron chi connectivity index (χ4n) is 3.65. The van der Waals surface area contributed by atoms with E-state index in [4.69, 9.17) is 57.2 Å². The fourth-order valence-corrected chi connectivity index (χ4v) is 3.65. The first-order valence-corrected chi connectivity index (χ1v) is 17.6. The molecule has 0 aromatic heterocycles. The molecule has 2 N–H and O–H groups in total. The first kappa shape index (κ1) is 47.5. The fraction of sp³-hybridized carbons (Fsp3) is 0.939. The first-order chi connectivity index (χ1) is 24.2. The molecule has 0 fully saturated rings. The van der Waals surface area contributed by atoms with Gasteiger partial charge in [-0.2, -0.15) is 0 Å². The lowest BCUT2D eigenvalue weighted by Gasteiger charge is -2.09. The van der Waals surface area contributed by atoms with Gasteiger partial charge in [-0.3, -0.25) is 4.79 Å². The van der Waals surface area contributed by atoms with E-state index in [1.807, 2.05) is 0 Å². The Morgan fingerprint density at radius 1 is 0.388 bits per heavy atom. The zero-order valence-corrected chi connectivity index (χ0v) is 29.9. The maximum absolute atomic E-state index is 11.4. The van der Waals surface area contributed by atoms with Gasteiger partial charge in [-0.15, -0.1) is 0 Å². The van der Waals surface area contributed by atoms with Gasteiger partial charge < -0.3 is 67.3 Å². The number of carbonyl (C=O) groups excluding carboxylic acids is 1. The molecule has 0 aromatic carbocycles. The van der Waals surface area contributed by atoms with Crippen LogP contribution in [-0.4, -0.2) is 182 Å². The highest BCUT2D eigenvalue weighted by Gasteiger charge is 2.03. The van der Waals surface area contributed by atoms with Crippen LogP contribution in [0.2, 0.25) is 0 Å². The largest absolute Gasteiger partial charge is 0.480 e. The molecule has 0 aromatic rings. The summed E-state index contributed by atoms with van der Waals surface area (Å²) >= 11 is 0. The molecule has 0 bridgehead atoms. The molecule has 0 radical (unpaired) electrons. The Morgan fingerprint density at radius 3 is 1.02 bits per heavy atom. The summed E-state index contributed by atoms with van der Waals surface area (Å²) in [5.74, 6) is -1.52. The van der Waals surface area contributed by atoms with E-state index < -0.39 is 18.5 Å². The van der Waals surface area contributed by atoms with Gasteiger partial charge in [0, 0.05) is 13.2 Å². The van der Waals surface area contributed by atoms with Gasteiger partial charge in [0.2, 0.25) is 5.91 Å². The minimum atomic E-state index is -1.12. The summed E-state index contributed by atoms with van der Waals surface area (Å²) in [6.07, 6.45) is 6.24. The Bertz CT molecular complexity index is 678. The third-order valence-electron chi connectivity index (χ3n) is 6.14. The topological polar surface area (TPSA) is 177 Å². The van der Waals surface area contributed by atoms with E-state index in [9.17, 15) is 9.59 Å². The van der Waals surface area contributed by atoms with Gasteiger partial charge in [0.1, 0.15) is 13.2 Å². The molecular formula is C33H65NO15. The third-order valence-corrected chi connectivity index (χ3v) is 6.14. The van der Waals surface area contributed by atoms with E-state index in [-0.39, 0.29) is 6.61 Å². The van der Waals surface area contributed by atoms with Crippen LogP contribution < -0.4 is 5.32 Å². The lowest BCUT2D eigenvalue weighted by molar-refractivity contribution is -0.143. The smallest absolute Gasteiger partial charge is 0.329 e. The van der Waals surface area contributed by atoms with Crippen LogP contribution in [0.1, 0.15) is 39.0 Å². The minimum absolute atomic E-state index is 0.300. The summed E-state index contributed by atoms with van der Waals surface area (Å²) < 4.78 is 64.7. The van der Waals surface area contributed by atoms with Crippen molar-refractivity contribution in [1.82, 2.24) is 5.32 Å². The Labute approximate surface area is 292 Å². The van der Waals surface area contributed by atoms with E-state index in [1.165, 1.54) is 25.7 Å². The standard InChI is InChI=1S/C33H65NO15/c1-2-3-4-5-6-8-38-10-12-40-14-16-42-18-20-44-22-24-46-26-28-48-29-27-47-25-23-45-21-19-43-17-15-41-13-11-39-9-7-34-32(35)30-49-31-33(36)37/h2-31H2,1H3,(H,34,35)(H,36,37). The molecule has 1 amide bonds. The summed E-state index contributed by atoms with van der Waals surface area (Å²) in [5.41, 5.74) is 0. The molecule has 0 aliphatic rings. The molecule has 16 nitrogen and oxygen atoms in total. The minimum Gasteiger partial charge on any atom is -0.480 e. The third kappa shape index (κ3) is 44.4. The predicted octanol–water partition coefficient (Wildman–Crippen LogP) is 1.36. The zero-order valence-electron chi connectivity index (χ0n) is 29.9. The predicted molar refractivity (Wildman–Crippen MR) is 179 cm³/mol. The van der Waals surface area contributed by atoms with Crippen LogP contribution in [-0.2, 0) is 66.4 Å². The number of carboxylic acids is 1. The second-order valence-electron chi connectivity index (χ2n) is 10.4. The average molecular weight is 716 g/mol. The number of rotatable bonds is 43. The van der Waals surface area contributed by atoms with E-state index in [0.29, 0.717) is 145 Å². The molecule has 292 valence electrons. The Morgan fingerprint density at radius 2 is 0.694 bits per heavy atom. The van der Waals surface area contributed by atoms with E-state index >= 15 is 0 Å². The number of hydrogen-bond acceptors (Lipinski definition) is 14. The molecule has 0 rings (SSSR count). The molecule has 0 aliphatic heterocycles. The van der Waals surface area contributed by atoms with Crippen molar-refractivity contribution >= 4 is 11.9 Å². The average Bonchev–Trinajstić information content (AvgIpc) is 3.09. The van der Waals surface area contributed by atoms with Crippen molar-refractivity contribution in [2.75, 3.05) is 165 Å². The van der Waals surface area contributed by atoms with Crippen LogP contribution in [0.4, 0.5) is 0 Å². The van der Waals surface area contributed by atoms with Gasteiger partial charge in [0.25, 0.3) is 0 Å². The molecule has 0 saturated heterocycles. The van der Waals surface area contributed by atoms with Gasteiger partial charge >= 0.3 is 5.97 Å². The van der Waals surface area contributed by atoms with Gasteiger partial charge in [-0.25, -0.2) is 4.79 Å². The molecule has 0 saturated carbocycles. The van der Waals surface area contributed by atoms with Crippen molar-refractivity contribution in [3.8, 4) is 0 Å². The Hall–Kier alpha value is -1.54. The highest BCUT2D eigenvalue weighted by molar-refractivity contribution is 5.77. The number of nitrogens with one attached hydrogen (secondary N) is 1. The zero-order chi connectivity index (χ0) is 35.6. The van der Waals surface area contributed by atoms with Gasteiger partial charge in [0.15, 0.2) is 0 Å². The highest BCUT2D eigenvalue weighted by atomic mass is 16.6. The maximum atomic E-state index is 11.4. The summed E-state index contributed by atoms with van der Waals surface area (Å²) in [6, 6.07) is 0. The number of unbranched alkanes of at least 4 members (excludes halogenated alkanes) is 4. The highest BCUT2D eigenvalue weighted by Crippen LogP contribution is 2.02. The van der Waals surface area contributed by atoms with E-state index in [0.717, 1.165) is 13.0 Å². The summed E-state index contributed by atoms with van der Waals surface area (Å²) in [7, 11) is 0. The molecule has 16 heteroatoms. The summed E-state index contributed by atoms with van der Waals surface area (Å²) in [4.78, 5) is 21.6. The van der Waals surface area contributed by atoms with E-state index in [1.54, 1.807) is 0 Å². The number of ether oxygens (including phenoxy) is 12. The lowest BCUT2D eigenvalue weighted by atomic mass is 10.2. The number of hydrogen-bond donors (Lipinski definition) is 2. The van der Waals surface area contributed by atoms with Crippen LogP contribution in [0.3, 0.4) is 0 Å². The van der Waals surface area contributed by atoms with Crippen LogP contribution in [0.15, 0.2) is 0 Å². The molecular weight excluding hydrogens is 650 g/mol. The molecule has 0 aliphatic carbocycles. The van der Waals surface area contributed by atoms with Gasteiger partial charge in [0.05, 0.1) is 139 Å². The number of carboxylic acid groups (broad SMARTS) is 1. The van der Waals surface area contributed by atoms with Crippen LogP contribution in [0, 0.1) is 0 Å². The Kier molecular flexibility index (Phi) is 41.3.